The molecule has 1 unspecified atom stereocenters. The summed E-state index contributed by atoms with van der Waals surface area (Å²) in [5.74, 6) is -7.48. The number of alkyl halides is 1. The first-order valence-corrected chi connectivity index (χ1v) is 12.5. The second kappa shape index (κ2) is 8.66. The molecular weight excluding hydrogens is 487 g/mol. The maximum atomic E-state index is 17.3. The molecule has 0 heterocycles. The number of carbonyl (C=O) groups excluding carboxylic acids is 5. The number of hydrogen-bond donors (Lipinski definition) is 2. The maximum Gasteiger partial charge on any atom is 0.321 e. The summed E-state index contributed by atoms with van der Waals surface area (Å²) in [4.78, 5) is 63.7. The molecule has 3 saturated carbocycles. The van der Waals surface area contributed by atoms with Crippen LogP contribution < -0.4 is 0 Å². The monoisotopic (exact) mass is 520 g/mol. The molecule has 0 aromatic heterocycles. The number of fused-ring (bicyclic) bond motifs is 5. The molecular formula is C27H33FO9. The summed E-state index contributed by atoms with van der Waals surface area (Å²) in [6.07, 6.45) is 1.48. The Bertz CT molecular complexity index is 1140. The zero-order valence-corrected chi connectivity index (χ0v) is 21.6. The van der Waals surface area contributed by atoms with Crippen molar-refractivity contribution in [2.45, 2.75) is 64.3 Å². The van der Waals surface area contributed by atoms with Crippen molar-refractivity contribution in [1.82, 2.24) is 0 Å². The SMILES string of the molecule is COC(=O)C(C)C(=O)O[C@]1(C(=O)CO)[C@@H](C)C[C@H]2[C@@H]3CC(=O)C4=CC(=O)C=C[C@]4(C)[C@@]3(F)[C@@H](O)C[C@@]21C. The van der Waals surface area contributed by atoms with E-state index in [1.807, 2.05) is 0 Å². The van der Waals surface area contributed by atoms with E-state index < -0.39 is 87.8 Å². The lowest BCUT2D eigenvalue weighted by Crippen LogP contribution is -2.71. The highest BCUT2D eigenvalue weighted by atomic mass is 19.1. The van der Waals surface area contributed by atoms with E-state index in [1.165, 1.54) is 26.0 Å². The number of aliphatic hydroxyl groups is 2. The lowest BCUT2D eigenvalue weighted by Gasteiger charge is -2.62. The van der Waals surface area contributed by atoms with Crippen LogP contribution in [0, 0.1) is 34.5 Å². The third-order valence-electron chi connectivity index (χ3n) is 9.75. The summed E-state index contributed by atoms with van der Waals surface area (Å²) in [5, 5.41) is 21.4. The standard InChI is InChI=1S/C27H33FO9/c1-13-8-16-17-10-19(31)18-9-15(30)6-7-24(18,3)26(17,28)20(32)11-25(16,4)27(13,21(33)12-29)37-23(35)14(2)22(34)36-5/h6-7,9,13-14,16-17,20,29,32H,8,10-12H2,1-5H3/t13-,14?,16-,17-,20-,24-,25-,26-,27-/m0/s1. The zero-order chi connectivity index (χ0) is 27.7. The maximum absolute atomic E-state index is 17.3. The van der Waals surface area contributed by atoms with Gasteiger partial charge in [-0.25, -0.2) is 4.39 Å². The second-order valence-electron chi connectivity index (χ2n) is 11.4. The van der Waals surface area contributed by atoms with Gasteiger partial charge in [0.1, 0.15) is 6.61 Å². The fraction of sp³-hybridized carbons (Fsp3) is 0.667. The van der Waals surface area contributed by atoms with Crippen LogP contribution in [0.5, 0.6) is 0 Å². The van der Waals surface area contributed by atoms with Crippen molar-refractivity contribution >= 4 is 29.3 Å². The zero-order valence-electron chi connectivity index (χ0n) is 21.6. The number of carbonyl (C=O) groups is 5. The Kier molecular flexibility index (Phi) is 6.39. The van der Waals surface area contributed by atoms with E-state index in [9.17, 15) is 34.2 Å². The quantitative estimate of drug-likeness (QED) is 0.406. The average molecular weight is 521 g/mol. The van der Waals surface area contributed by atoms with E-state index in [1.54, 1.807) is 13.8 Å². The number of allylic oxidation sites excluding steroid dienone is 4. The van der Waals surface area contributed by atoms with Crippen molar-refractivity contribution in [3.63, 3.8) is 0 Å². The number of esters is 2. The molecule has 4 aliphatic rings. The molecule has 9 nitrogen and oxygen atoms in total. The van der Waals surface area contributed by atoms with Gasteiger partial charge in [-0.2, -0.15) is 0 Å². The van der Waals surface area contributed by atoms with Crippen LogP contribution in [0.25, 0.3) is 0 Å². The predicted octanol–water partition coefficient (Wildman–Crippen LogP) is 1.43. The van der Waals surface area contributed by atoms with Gasteiger partial charge in [-0.1, -0.05) is 19.9 Å². The lowest BCUT2D eigenvalue weighted by atomic mass is 9.44. The molecule has 202 valence electrons. The predicted molar refractivity (Wildman–Crippen MR) is 125 cm³/mol. The highest BCUT2D eigenvalue weighted by Gasteiger charge is 2.78. The van der Waals surface area contributed by atoms with Crippen molar-refractivity contribution < 1.29 is 48.0 Å². The van der Waals surface area contributed by atoms with Gasteiger partial charge in [-0.05, 0) is 44.8 Å². The van der Waals surface area contributed by atoms with Crippen LogP contribution in [0.3, 0.4) is 0 Å². The average Bonchev–Trinajstić information content (AvgIpc) is 3.07. The number of ketones is 3. The van der Waals surface area contributed by atoms with Crippen LogP contribution in [-0.2, 0) is 33.4 Å². The third kappa shape index (κ3) is 3.30. The van der Waals surface area contributed by atoms with Crippen LogP contribution in [0.2, 0.25) is 0 Å². The Morgan fingerprint density at radius 1 is 1.19 bits per heavy atom. The molecule has 0 saturated heterocycles. The van der Waals surface area contributed by atoms with E-state index in [-0.39, 0.29) is 24.8 Å². The van der Waals surface area contributed by atoms with E-state index in [2.05, 4.69) is 4.74 Å². The Labute approximate surface area is 214 Å². The van der Waals surface area contributed by atoms with Crippen molar-refractivity contribution in [3.05, 3.63) is 23.8 Å². The van der Waals surface area contributed by atoms with Crippen LogP contribution in [0.15, 0.2) is 23.8 Å². The highest BCUT2D eigenvalue weighted by Crippen LogP contribution is 2.71. The molecule has 0 aromatic carbocycles. The van der Waals surface area contributed by atoms with Crippen molar-refractivity contribution in [2.24, 2.45) is 34.5 Å². The fourth-order valence-electron chi connectivity index (χ4n) is 7.87. The van der Waals surface area contributed by atoms with Gasteiger partial charge in [0.05, 0.1) is 18.6 Å². The Hall–Kier alpha value is -2.72. The minimum atomic E-state index is -2.35. The summed E-state index contributed by atoms with van der Waals surface area (Å²) in [6, 6.07) is 0. The van der Waals surface area contributed by atoms with Crippen LogP contribution in [-0.4, -0.2) is 70.6 Å². The molecule has 4 aliphatic carbocycles. The van der Waals surface area contributed by atoms with Gasteiger partial charge in [0.2, 0.25) is 5.78 Å². The molecule has 10 heteroatoms. The van der Waals surface area contributed by atoms with Crippen molar-refractivity contribution in [2.75, 3.05) is 13.7 Å². The van der Waals surface area contributed by atoms with Gasteiger partial charge >= 0.3 is 11.9 Å². The molecule has 0 aromatic rings. The summed E-state index contributed by atoms with van der Waals surface area (Å²) in [7, 11) is 1.10. The third-order valence-corrected chi connectivity index (χ3v) is 9.75. The van der Waals surface area contributed by atoms with Crippen LogP contribution >= 0.6 is 0 Å². The largest absolute Gasteiger partial charge is 0.468 e. The van der Waals surface area contributed by atoms with Crippen molar-refractivity contribution in [3.8, 4) is 0 Å². The van der Waals surface area contributed by atoms with Gasteiger partial charge < -0.3 is 19.7 Å². The smallest absolute Gasteiger partial charge is 0.321 e. The van der Waals surface area contributed by atoms with E-state index >= 15 is 4.39 Å². The number of rotatable bonds is 5. The van der Waals surface area contributed by atoms with Crippen LogP contribution in [0.1, 0.15) is 47.0 Å². The molecule has 0 spiro atoms. The first-order chi connectivity index (χ1) is 17.1. The Balaban J connectivity index is 1.85. The van der Waals surface area contributed by atoms with E-state index in [4.69, 9.17) is 4.74 Å². The van der Waals surface area contributed by atoms with Gasteiger partial charge in [-0.3, -0.25) is 24.0 Å². The molecule has 4 rings (SSSR count). The number of methoxy groups -OCH3 is 1. The Morgan fingerprint density at radius 3 is 2.43 bits per heavy atom. The molecule has 37 heavy (non-hydrogen) atoms. The first kappa shape index (κ1) is 27.3. The number of ether oxygens (including phenoxy) is 2. The van der Waals surface area contributed by atoms with Gasteiger partial charge in [0, 0.05) is 29.2 Å². The minimum Gasteiger partial charge on any atom is -0.468 e. The topological polar surface area (TPSA) is 144 Å². The number of halogens is 1. The Morgan fingerprint density at radius 2 is 1.84 bits per heavy atom. The van der Waals surface area contributed by atoms with E-state index in [0.29, 0.717) is 0 Å². The van der Waals surface area contributed by atoms with Gasteiger partial charge in [0.15, 0.2) is 28.8 Å². The summed E-state index contributed by atoms with van der Waals surface area (Å²) >= 11 is 0. The molecule has 9 atom stereocenters. The van der Waals surface area contributed by atoms with Crippen LogP contribution in [0.4, 0.5) is 4.39 Å². The van der Waals surface area contributed by atoms with Crippen molar-refractivity contribution in [1.29, 1.82) is 0 Å². The molecule has 0 amide bonds. The number of Topliss-reactive ketones (excluding diaryl/α,β-unsaturated/α-hetero) is 2. The summed E-state index contributed by atoms with van der Waals surface area (Å²) in [6.45, 7) is 5.00. The van der Waals surface area contributed by atoms with Gasteiger partial charge in [-0.15, -0.1) is 0 Å². The normalized spacial score (nSPS) is 43.2. The molecule has 0 aliphatic heterocycles. The highest BCUT2D eigenvalue weighted by molar-refractivity contribution is 6.10. The molecule has 0 radical (unpaired) electrons. The van der Waals surface area contributed by atoms with Gasteiger partial charge in [0.25, 0.3) is 0 Å². The minimum absolute atomic E-state index is 0.00322. The fourth-order valence-corrected chi connectivity index (χ4v) is 7.87. The first-order valence-electron chi connectivity index (χ1n) is 12.5. The number of hydrogen-bond acceptors (Lipinski definition) is 9. The summed E-state index contributed by atoms with van der Waals surface area (Å²) in [5.41, 5.74) is -7.28. The molecule has 3 fully saturated rings. The van der Waals surface area contributed by atoms with E-state index in [0.717, 1.165) is 13.2 Å². The molecule has 0 bridgehead atoms. The lowest BCUT2D eigenvalue weighted by molar-refractivity contribution is -0.228. The second-order valence-corrected chi connectivity index (χ2v) is 11.4. The number of aliphatic hydroxyl groups excluding tert-OH is 2. The summed E-state index contributed by atoms with van der Waals surface area (Å²) < 4.78 is 27.8. The molecule has 2 N–H and O–H groups in total.